The van der Waals surface area contributed by atoms with E-state index in [2.05, 4.69) is 6.92 Å². The Morgan fingerprint density at radius 3 is 2.61 bits per heavy atom. The monoisotopic (exact) mass is 425 g/mol. The number of esters is 1. The third kappa shape index (κ3) is 4.35. The van der Waals surface area contributed by atoms with Gasteiger partial charge in [0, 0.05) is 36.0 Å². The molecule has 0 aromatic heterocycles. The minimum absolute atomic E-state index is 0.0108. The van der Waals surface area contributed by atoms with Crippen LogP contribution in [0.2, 0.25) is 0 Å². The lowest BCUT2D eigenvalue weighted by Gasteiger charge is -2.34. The molecule has 0 radical (unpaired) electrons. The van der Waals surface area contributed by atoms with Gasteiger partial charge in [-0.15, -0.1) is 0 Å². The van der Waals surface area contributed by atoms with Crippen LogP contribution in [0.25, 0.3) is 0 Å². The van der Waals surface area contributed by atoms with Crippen molar-refractivity contribution in [2.24, 2.45) is 0 Å². The number of rotatable bonds is 10. The van der Waals surface area contributed by atoms with Crippen LogP contribution < -0.4 is 0 Å². The molecule has 0 amide bonds. The summed E-state index contributed by atoms with van der Waals surface area (Å²) in [4.78, 5) is 40.7. The number of ketones is 2. The summed E-state index contributed by atoms with van der Waals surface area (Å²) in [5.41, 5.74) is 0.755. The lowest BCUT2D eigenvalue weighted by Crippen LogP contribution is -2.43. The van der Waals surface area contributed by atoms with Crippen molar-refractivity contribution in [2.75, 3.05) is 13.2 Å². The number of carbonyl (C=O) groups is 3. The number of aliphatic hydroxyl groups is 1. The fraction of sp³-hybridized carbons (Fsp3) is 0.480. The first kappa shape index (κ1) is 22.9. The Morgan fingerprint density at radius 2 is 1.94 bits per heavy atom. The molecule has 0 bridgehead atoms. The van der Waals surface area contributed by atoms with Crippen molar-refractivity contribution in [2.45, 2.75) is 64.9 Å². The lowest BCUT2D eigenvalue weighted by atomic mass is 9.76. The summed E-state index contributed by atoms with van der Waals surface area (Å²) in [6, 6.07) is 0. The van der Waals surface area contributed by atoms with Gasteiger partial charge >= 0.3 is 5.97 Å². The normalized spacial score (nSPS) is 22.8. The van der Waals surface area contributed by atoms with Gasteiger partial charge in [0.05, 0.1) is 6.61 Å². The molecule has 1 atom stereocenters. The van der Waals surface area contributed by atoms with Gasteiger partial charge in [0.15, 0.2) is 11.4 Å². The second-order valence-electron chi connectivity index (χ2n) is 8.26. The molecule has 0 saturated heterocycles. The molecule has 0 aromatic rings. The molecule has 2 heterocycles. The van der Waals surface area contributed by atoms with Crippen molar-refractivity contribution < 1.29 is 24.2 Å². The highest BCUT2D eigenvalue weighted by Gasteiger charge is 2.54. The second kappa shape index (κ2) is 9.60. The predicted octanol–water partition coefficient (Wildman–Crippen LogP) is 3.69. The van der Waals surface area contributed by atoms with E-state index in [4.69, 9.17) is 4.74 Å². The average Bonchev–Trinajstić information content (AvgIpc) is 3.00. The van der Waals surface area contributed by atoms with E-state index in [1.807, 2.05) is 25.2 Å². The van der Waals surface area contributed by atoms with Crippen LogP contribution in [-0.4, -0.2) is 46.3 Å². The molecule has 0 aromatic carbocycles. The molecule has 6 heteroatoms. The zero-order valence-corrected chi connectivity index (χ0v) is 18.6. The van der Waals surface area contributed by atoms with Gasteiger partial charge in [-0.25, -0.2) is 4.79 Å². The van der Waals surface area contributed by atoms with E-state index in [0.717, 1.165) is 37.8 Å². The van der Waals surface area contributed by atoms with Crippen LogP contribution >= 0.6 is 0 Å². The Labute approximate surface area is 183 Å². The van der Waals surface area contributed by atoms with Gasteiger partial charge < -0.3 is 14.7 Å². The average molecular weight is 426 g/mol. The zero-order chi connectivity index (χ0) is 22.6. The van der Waals surface area contributed by atoms with E-state index >= 15 is 0 Å². The largest absolute Gasteiger partial charge is 0.442 e. The summed E-state index contributed by atoms with van der Waals surface area (Å²) in [6.07, 6.45) is 14.3. The predicted molar refractivity (Wildman–Crippen MR) is 118 cm³/mol. The number of fused-ring (bicyclic) bond motifs is 2. The van der Waals surface area contributed by atoms with Gasteiger partial charge in [0.2, 0.25) is 5.78 Å². The molecule has 1 unspecified atom stereocenters. The fourth-order valence-corrected chi connectivity index (χ4v) is 4.26. The summed E-state index contributed by atoms with van der Waals surface area (Å²) >= 11 is 0. The maximum Gasteiger partial charge on any atom is 0.343 e. The van der Waals surface area contributed by atoms with Crippen LogP contribution in [0.15, 0.2) is 58.5 Å². The van der Waals surface area contributed by atoms with Crippen LogP contribution in [0.1, 0.15) is 59.3 Å². The van der Waals surface area contributed by atoms with Crippen LogP contribution in [-0.2, 0) is 19.1 Å². The van der Waals surface area contributed by atoms with Crippen LogP contribution in [0.4, 0.5) is 0 Å². The van der Waals surface area contributed by atoms with E-state index < -0.39 is 11.6 Å². The number of ether oxygens (including phenoxy) is 1. The molecule has 0 fully saturated rings. The molecule has 3 rings (SSSR count). The molecule has 3 aliphatic rings. The topological polar surface area (TPSA) is 83.9 Å². The molecule has 166 valence electrons. The molecule has 2 aliphatic heterocycles. The first-order chi connectivity index (χ1) is 14.9. The van der Waals surface area contributed by atoms with Crippen molar-refractivity contribution in [3.8, 4) is 0 Å². The van der Waals surface area contributed by atoms with Gasteiger partial charge in [-0.05, 0) is 44.1 Å². The summed E-state index contributed by atoms with van der Waals surface area (Å²) in [7, 11) is 0. The SMILES string of the molecule is C/C=C\C1=CC2=CC3=C(C(=O)CCCCCCC)C(=O)OC3(C)C(=O)C2=CN1CCO. The van der Waals surface area contributed by atoms with E-state index in [9.17, 15) is 19.5 Å². The van der Waals surface area contributed by atoms with E-state index in [1.165, 1.54) is 0 Å². The third-order valence-electron chi connectivity index (χ3n) is 5.96. The third-order valence-corrected chi connectivity index (χ3v) is 5.96. The zero-order valence-electron chi connectivity index (χ0n) is 18.6. The number of allylic oxidation sites excluding steroid dienone is 4. The Kier molecular flexibility index (Phi) is 7.11. The van der Waals surface area contributed by atoms with Crippen LogP contribution in [0, 0.1) is 0 Å². The van der Waals surface area contributed by atoms with Crippen LogP contribution in [0.5, 0.6) is 0 Å². The number of β-amino-alcohol motifs (C(OH)–C–C–N with tert-alkyl or cyclic N) is 1. The van der Waals surface area contributed by atoms with Gasteiger partial charge in [-0.3, -0.25) is 9.59 Å². The van der Waals surface area contributed by atoms with Gasteiger partial charge in [-0.1, -0.05) is 38.7 Å². The maximum atomic E-state index is 13.4. The minimum atomic E-state index is -1.49. The summed E-state index contributed by atoms with van der Waals surface area (Å²) in [5, 5.41) is 9.38. The van der Waals surface area contributed by atoms with Gasteiger partial charge in [-0.2, -0.15) is 0 Å². The summed E-state index contributed by atoms with van der Waals surface area (Å²) < 4.78 is 5.49. The molecule has 0 saturated carbocycles. The highest BCUT2D eigenvalue weighted by Crippen LogP contribution is 2.44. The molecule has 0 spiro atoms. The molecule has 1 aliphatic carbocycles. The Hall–Kier alpha value is -2.73. The number of carbonyl (C=O) groups excluding carboxylic acids is 3. The van der Waals surface area contributed by atoms with E-state index in [-0.39, 0.29) is 30.2 Å². The number of hydrogen-bond donors (Lipinski definition) is 1. The highest BCUT2D eigenvalue weighted by atomic mass is 16.6. The number of hydrogen-bond acceptors (Lipinski definition) is 6. The number of unbranched alkanes of at least 4 members (excludes halogenated alkanes) is 4. The quantitative estimate of drug-likeness (QED) is 0.326. The Bertz CT molecular complexity index is 934. The Morgan fingerprint density at radius 1 is 1.19 bits per heavy atom. The van der Waals surface area contributed by atoms with Crippen molar-refractivity contribution in [3.63, 3.8) is 0 Å². The molecule has 1 N–H and O–H groups in total. The molecule has 31 heavy (non-hydrogen) atoms. The lowest BCUT2D eigenvalue weighted by molar-refractivity contribution is -0.153. The van der Waals surface area contributed by atoms with Crippen LogP contribution in [0.3, 0.4) is 0 Å². The number of Topliss-reactive ketones (excluding diaryl/α,β-unsaturated/α-hetero) is 2. The minimum Gasteiger partial charge on any atom is -0.442 e. The molecular formula is C25H31NO5. The van der Waals surface area contributed by atoms with Crippen molar-refractivity contribution in [1.82, 2.24) is 4.90 Å². The summed E-state index contributed by atoms with van der Waals surface area (Å²) in [6.45, 7) is 5.84. The summed E-state index contributed by atoms with van der Waals surface area (Å²) in [5.74, 6) is -1.32. The molecule has 6 nitrogen and oxygen atoms in total. The first-order valence-electron chi connectivity index (χ1n) is 11.1. The second-order valence-corrected chi connectivity index (χ2v) is 8.26. The highest BCUT2D eigenvalue weighted by molar-refractivity contribution is 6.24. The van der Waals surface area contributed by atoms with Crippen molar-refractivity contribution in [1.29, 1.82) is 0 Å². The van der Waals surface area contributed by atoms with Gasteiger partial charge in [0.1, 0.15) is 5.57 Å². The maximum absolute atomic E-state index is 13.4. The Balaban J connectivity index is 1.97. The number of nitrogens with zero attached hydrogens (tertiary/aromatic N) is 1. The molecular weight excluding hydrogens is 394 g/mol. The first-order valence-corrected chi connectivity index (χ1v) is 11.1. The smallest absolute Gasteiger partial charge is 0.343 e. The fourth-order valence-electron chi connectivity index (χ4n) is 4.26. The number of aliphatic hydroxyl groups excluding tert-OH is 1. The van der Waals surface area contributed by atoms with E-state index in [0.29, 0.717) is 23.3 Å². The van der Waals surface area contributed by atoms with Crippen molar-refractivity contribution >= 4 is 17.5 Å². The standard InChI is InChI=1S/C25H31NO5/c1-4-6-7-8-9-11-21(28)22-20-15-17-14-18(10-5-2)26(12-13-27)16-19(17)23(29)25(20,3)31-24(22)30/h5,10,14-16,27H,4,6-9,11-13H2,1-3H3/b10-5-. The van der Waals surface area contributed by atoms with Crippen molar-refractivity contribution in [3.05, 3.63) is 58.5 Å². The van der Waals surface area contributed by atoms with E-state index in [1.54, 1.807) is 24.1 Å². The van der Waals surface area contributed by atoms with Gasteiger partial charge in [0.25, 0.3) is 0 Å².